The van der Waals surface area contributed by atoms with Crippen LogP contribution in [0.1, 0.15) is 66.2 Å². The van der Waals surface area contributed by atoms with Crippen molar-refractivity contribution >= 4 is 6.09 Å². The van der Waals surface area contributed by atoms with E-state index in [2.05, 4.69) is 17.6 Å². The molecule has 23 heavy (non-hydrogen) atoms. The summed E-state index contributed by atoms with van der Waals surface area (Å²) in [6.07, 6.45) is 7.44. The second-order valence-corrected chi connectivity index (χ2v) is 7.91. The molecule has 134 valence electrons. The van der Waals surface area contributed by atoms with E-state index in [9.17, 15) is 4.79 Å². The minimum atomic E-state index is -0.433. The Hall–Kier alpha value is -0.810. The highest BCUT2D eigenvalue weighted by molar-refractivity contribution is 5.67. The molecular formula is C18H34N2O3. The smallest absolute Gasteiger partial charge is 0.407 e. The molecule has 2 unspecified atom stereocenters. The number of carbonyl (C=O) groups excluding carboxylic acids is 1. The number of rotatable bonds is 7. The molecule has 2 fully saturated rings. The van der Waals surface area contributed by atoms with E-state index in [0.717, 1.165) is 26.0 Å². The van der Waals surface area contributed by atoms with Gasteiger partial charge in [0.05, 0.1) is 6.10 Å². The maximum absolute atomic E-state index is 11.6. The molecule has 2 aliphatic rings. The van der Waals surface area contributed by atoms with Crippen LogP contribution in [0.4, 0.5) is 4.79 Å². The fourth-order valence-corrected chi connectivity index (χ4v) is 4.04. The van der Waals surface area contributed by atoms with E-state index in [-0.39, 0.29) is 6.09 Å². The molecule has 0 aromatic rings. The molecule has 0 aromatic heterocycles. The highest BCUT2D eigenvalue weighted by Crippen LogP contribution is 2.54. The Morgan fingerprint density at radius 2 is 1.91 bits per heavy atom. The molecule has 5 nitrogen and oxygen atoms in total. The Kier molecular flexibility index (Phi) is 6.32. The molecule has 2 rings (SSSR count). The summed E-state index contributed by atoms with van der Waals surface area (Å²) in [4.78, 5) is 11.6. The first-order valence-electron chi connectivity index (χ1n) is 9.19. The molecule has 2 saturated carbocycles. The summed E-state index contributed by atoms with van der Waals surface area (Å²) in [7, 11) is 0. The van der Waals surface area contributed by atoms with Gasteiger partial charge in [-0.3, -0.25) is 0 Å². The van der Waals surface area contributed by atoms with Gasteiger partial charge in [-0.15, -0.1) is 0 Å². The normalized spacial score (nSPS) is 26.1. The van der Waals surface area contributed by atoms with E-state index < -0.39 is 5.60 Å². The van der Waals surface area contributed by atoms with Crippen molar-refractivity contribution in [1.29, 1.82) is 0 Å². The van der Waals surface area contributed by atoms with Gasteiger partial charge in [0.1, 0.15) is 5.60 Å². The molecule has 0 saturated heterocycles. The third kappa shape index (κ3) is 4.83. The van der Waals surface area contributed by atoms with Gasteiger partial charge in [-0.25, -0.2) is 4.79 Å². The average molecular weight is 326 g/mol. The van der Waals surface area contributed by atoms with Crippen molar-refractivity contribution in [2.75, 3.05) is 19.7 Å². The van der Waals surface area contributed by atoms with Crippen LogP contribution in [-0.2, 0) is 9.47 Å². The third-order valence-corrected chi connectivity index (χ3v) is 5.10. The molecule has 1 spiro atoms. The van der Waals surface area contributed by atoms with E-state index in [4.69, 9.17) is 9.47 Å². The van der Waals surface area contributed by atoms with E-state index >= 15 is 0 Å². The number of hydrogen-bond donors (Lipinski definition) is 2. The number of alkyl carbamates (subject to hydrolysis) is 1. The lowest BCUT2D eigenvalue weighted by atomic mass is 9.60. The van der Waals surface area contributed by atoms with Crippen LogP contribution in [0.5, 0.6) is 0 Å². The van der Waals surface area contributed by atoms with E-state index in [1.807, 2.05) is 20.8 Å². The SMILES string of the molecule is CCOC1CC(NCCCNC(=O)OC(C)(C)C)C12CCCC2. The van der Waals surface area contributed by atoms with E-state index in [1.54, 1.807) is 0 Å². The van der Waals surface area contributed by atoms with Gasteiger partial charge in [0.15, 0.2) is 0 Å². The lowest BCUT2D eigenvalue weighted by Crippen LogP contribution is -2.62. The Morgan fingerprint density at radius 1 is 1.22 bits per heavy atom. The van der Waals surface area contributed by atoms with Gasteiger partial charge in [0, 0.05) is 24.6 Å². The fraction of sp³-hybridized carbons (Fsp3) is 0.944. The summed E-state index contributed by atoms with van der Waals surface area (Å²) in [6.45, 7) is 10.1. The van der Waals surface area contributed by atoms with Crippen LogP contribution in [-0.4, -0.2) is 43.5 Å². The van der Waals surface area contributed by atoms with Gasteiger partial charge in [-0.1, -0.05) is 12.8 Å². The Labute approximate surface area is 140 Å². The molecule has 0 heterocycles. The lowest BCUT2D eigenvalue weighted by molar-refractivity contribution is -0.130. The highest BCUT2D eigenvalue weighted by atomic mass is 16.6. The summed E-state index contributed by atoms with van der Waals surface area (Å²) < 4.78 is 11.2. The first-order valence-corrected chi connectivity index (χ1v) is 9.19. The van der Waals surface area contributed by atoms with Gasteiger partial charge < -0.3 is 20.1 Å². The average Bonchev–Trinajstić information content (AvgIpc) is 2.95. The van der Waals surface area contributed by atoms with Gasteiger partial charge in [-0.05, 0) is 59.9 Å². The topological polar surface area (TPSA) is 59.6 Å². The van der Waals surface area contributed by atoms with Crippen molar-refractivity contribution in [2.24, 2.45) is 5.41 Å². The van der Waals surface area contributed by atoms with Crippen molar-refractivity contribution in [1.82, 2.24) is 10.6 Å². The fourth-order valence-electron chi connectivity index (χ4n) is 4.04. The minimum absolute atomic E-state index is 0.329. The van der Waals surface area contributed by atoms with Crippen LogP contribution in [0.25, 0.3) is 0 Å². The Bertz CT molecular complexity index is 386. The molecule has 0 bridgehead atoms. The lowest BCUT2D eigenvalue weighted by Gasteiger charge is -2.54. The molecule has 1 amide bonds. The van der Waals surface area contributed by atoms with Crippen LogP contribution in [0, 0.1) is 5.41 Å². The van der Waals surface area contributed by atoms with E-state index in [0.29, 0.717) is 24.1 Å². The summed E-state index contributed by atoms with van der Waals surface area (Å²) >= 11 is 0. The second-order valence-electron chi connectivity index (χ2n) is 7.91. The molecule has 0 radical (unpaired) electrons. The van der Waals surface area contributed by atoms with Crippen molar-refractivity contribution < 1.29 is 14.3 Å². The number of carbonyl (C=O) groups is 1. The second kappa shape index (κ2) is 7.84. The summed E-state index contributed by atoms with van der Waals surface area (Å²) in [6, 6.07) is 0.586. The zero-order valence-corrected chi connectivity index (χ0v) is 15.2. The molecule has 0 aromatic carbocycles. The minimum Gasteiger partial charge on any atom is -0.444 e. The van der Waals surface area contributed by atoms with Gasteiger partial charge in [0.25, 0.3) is 0 Å². The zero-order valence-electron chi connectivity index (χ0n) is 15.2. The summed E-state index contributed by atoms with van der Waals surface area (Å²) in [5, 5.41) is 6.50. The number of amides is 1. The maximum atomic E-state index is 11.6. The molecule has 5 heteroatoms. The molecule has 0 aliphatic heterocycles. The van der Waals surface area contributed by atoms with Crippen molar-refractivity contribution in [2.45, 2.75) is 84.0 Å². The predicted molar refractivity (Wildman–Crippen MR) is 91.6 cm³/mol. The quantitative estimate of drug-likeness (QED) is 0.705. The molecule has 2 aliphatic carbocycles. The van der Waals surface area contributed by atoms with E-state index in [1.165, 1.54) is 25.7 Å². The van der Waals surface area contributed by atoms with Crippen LogP contribution in [0.2, 0.25) is 0 Å². The van der Waals surface area contributed by atoms with Crippen molar-refractivity contribution in [3.8, 4) is 0 Å². The van der Waals surface area contributed by atoms with Gasteiger partial charge in [-0.2, -0.15) is 0 Å². The molecule has 2 atom stereocenters. The Morgan fingerprint density at radius 3 is 2.52 bits per heavy atom. The number of hydrogen-bond acceptors (Lipinski definition) is 4. The van der Waals surface area contributed by atoms with Gasteiger partial charge >= 0.3 is 6.09 Å². The highest BCUT2D eigenvalue weighted by Gasteiger charge is 2.56. The van der Waals surface area contributed by atoms with Crippen LogP contribution in [0.3, 0.4) is 0 Å². The van der Waals surface area contributed by atoms with Gasteiger partial charge in [0.2, 0.25) is 0 Å². The number of ether oxygens (including phenoxy) is 2. The molecular weight excluding hydrogens is 292 g/mol. The maximum Gasteiger partial charge on any atom is 0.407 e. The van der Waals surface area contributed by atoms with Crippen LogP contribution >= 0.6 is 0 Å². The first-order chi connectivity index (χ1) is 10.9. The monoisotopic (exact) mass is 326 g/mol. The third-order valence-electron chi connectivity index (χ3n) is 5.10. The predicted octanol–water partition coefficient (Wildman–Crippen LogP) is 3.23. The summed E-state index contributed by atoms with van der Waals surface area (Å²) in [5.74, 6) is 0. The zero-order chi connectivity index (χ0) is 16.9. The largest absolute Gasteiger partial charge is 0.444 e. The van der Waals surface area contributed by atoms with Crippen LogP contribution in [0.15, 0.2) is 0 Å². The summed E-state index contributed by atoms with van der Waals surface area (Å²) in [5.41, 5.74) is -0.0496. The number of nitrogens with one attached hydrogen (secondary N) is 2. The first kappa shape index (κ1) is 18.5. The standard InChI is InChI=1S/C18H34N2O3/c1-5-22-15-13-14(18(15)9-6-7-10-18)19-11-8-12-20-16(21)23-17(2,3)4/h14-15,19H,5-13H2,1-4H3,(H,20,21). The van der Waals surface area contributed by atoms with Crippen molar-refractivity contribution in [3.05, 3.63) is 0 Å². The van der Waals surface area contributed by atoms with Crippen molar-refractivity contribution in [3.63, 3.8) is 0 Å². The van der Waals surface area contributed by atoms with Crippen LogP contribution < -0.4 is 10.6 Å². The molecule has 2 N–H and O–H groups in total. The Balaban J connectivity index is 1.62.